The highest BCUT2D eigenvalue weighted by atomic mass is 32.2. The molecule has 0 spiro atoms. The second-order valence-corrected chi connectivity index (χ2v) is 8.36. The minimum Gasteiger partial charge on any atom is -0.258 e. The average Bonchev–Trinajstić information content (AvgIpc) is 2.97. The van der Waals surface area contributed by atoms with Gasteiger partial charge in [-0.3, -0.25) is 15.1 Å². The summed E-state index contributed by atoms with van der Waals surface area (Å²) >= 11 is 0. The number of nitrogens with zero attached hydrogens (tertiary/aromatic N) is 3. The number of nitro benzene ring substituents is 1. The predicted octanol–water partition coefficient (Wildman–Crippen LogP) is 3.91. The Morgan fingerprint density at radius 2 is 1.67 bits per heavy atom. The van der Waals surface area contributed by atoms with E-state index < -0.39 is 14.9 Å². The van der Waals surface area contributed by atoms with Gasteiger partial charge in [0, 0.05) is 31.4 Å². The molecule has 3 rings (SSSR count). The third-order valence-electron chi connectivity index (χ3n) is 4.48. The zero-order valence-electron chi connectivity index (χ0n) is 14.8. The second-order valence-electron chi connectivity index (χ2n) is 6.42. The Hall–Kier alpha value is -2.58. The first-order chi connectivity index (χ1) is 13.0. The number of aliphatic imine (C=N–C) groups is 1. The fourth-order valence-electron chi connectivity index (χ4n) is 3.00. The van der Waals surface area contributed by atoms with Gasteiger partial charge in [0.15, 0.2) is 0 Å². The van der Waals surface area contributed by atoms with Crippen molar-refractivity contribution in [3.8, 4) is 0 Å². The van der Waals surface area contributed by atoms with Crippen LogP contribution in [0.15, 0.2) is 58.4 Å². The quantitative estimate of drug-likeness (QED) is 0.442. The summed E-state index contributed by atoms with van der Waals surface area (Å²) in [6.07, 6.45) is 5.44. The first-order valence-corrected chi connectivity index (χ1v) is 10.3. The molecular weight excluding hydrogens is 366 g/mol. The fraction of sp³-hybridized carbons (Fsp3) is 0.316. The molecule has 1 heterocycles. The van der Waals surface area contributed by atoms with Gasteiger partial charge in [-0.1, -0.05) is 25.0 Å². The Labute approximate surface area is 158 Å². The highest BCUT2D eigenvalue weighted by Gasteiger charge is 2.24. The summed E-state index contributed by atoms with van der Waals surface area (Å²) in [6.45, 7) is 1.13. The maximum Gasteiger partial charge on any atom is 0.270 e. The number of rotatable bonds is 5. The van der Waals surface area contributed by atoms with Gasteiger partial charge in [-0.2, -0.15) is 4.31 Å². The van der Waals surface area contributed by atoms with Crippen LogP contribution in [0.3, 0.4) is 0 Å². The van der Waals surface area contributed by atoms with Gasteiger partial charge in [-0.25, -0.2) is 8.42 Å². The maximum atomic E-state index is 12.8. The Morgan fingerprint density at radius 1 is 1.00 bits per heavy atom. The van der Waals surface area contributed by atoms with E-state index in [4.69, 9.17) is 0 Å². The summed E-state index contributed by atoms with van der Waals surface area (Å²) in [7, 11) is -3.48. The van der Waals surface area contributed by atoms with Crippen molar-refractivity contribution in [2.24, 2.45) is 4.99 Å². The molecule has 27 heavy (non-hydrogen) atoms. The molecule has 0 amide bonds. The van der Waals surface area contributed by atoms with Gasteiger partial charge < -0.3 is 0 Å². The summed E-state index contributed by atoms with van der Waals surface area (Å²) in [5.74, 6) is 0. The molecule has 2 aromatic rings. The normalized spacial score (nSPS) is 16.3. The maximum absolute atomic E-state index is 12.8. The largest absolute Gasteiger partial charge is 0.270 e. The summed E-state index contributed by atoms with van der Waals surface area (Å²) in [5, 5.41) is 10.8. The van der Waals surface area contributed by atoms with Gasteiger partial charge in [0.05, 0.1) is 15.5 Å². The van der Waals surface area contributed by atoms with E-state index in [1.165, 1.54) is 18.3 Å². The molecule has 0 bridgehead atoms. The fourth-order valence-corrected chi connectivity index (χ4v) is 4.52. The third-order valence-corrected chi connectivity index (χ3v) is 6.40. The molecule has 0 radical (unpaired) electrons. The molecule has 142 valence electrons. The minimum atomic E-state index is -3.48. The number of benzene rings is 2. The van der Waals surface area contributed by atoms with Crippen LogP contribution in [0.25, 0.3) is 0 Å². The van der Waals surface area contributed by atoms with E-state index >= 15 is 0 Å². The van der Waals surface area contributed by atoms with Gasteiger partial charge in [0.2, 0.25) is 10.0 Å². The number of nitro groups is 1. The number of non-ortho nitro benzene ring substituents is 1. The third kappa shape index (κ3) is 4.78. The van der Waals surface area contributed by atoms with Crippen molar-refractivity contribution in [1.29, 1.82) is 0 Å². The first kappa shape index (κ1) is 19.2. The molecule has 8 heteroatoms. The van der Waals surface area contributed by atoms with Crippen LogP contribution >= 0.6 is 0 Å². The van der Waals surface area contributed by atoms with Gasteiger partial charge in [-0.05, 0) is 42.7 Å². The van der Waals surface area contributed by atoms with E-state index in [0.29, 0.717) is 24.3 Å². The monoisotopic (exact) mass is 387 g/mol. The molecule has 7 nitrogen and oxygen atoms in total. The summed E-state index contributed by atoms with van der Waals surface area (Å²) < 4.78 is 27.1. The number of hydrogen-bond donors (Lipinski definition) is 0. The lowest BCUT2D eigenvalue weighted by Crippen LogP contribution is -2.31. The van der Waals surface area contributed by atoms with E-state index in [9.17, 15) is 18.5 Å². The first-order valence-electron chi connectivity index (χ1n) is 8.85. The van der Waals surface area contributed by atoms with E-state index in [1.54, 1.807) is 40.7 Å². The highest BCUT2D eigenvalue weighted by molar-refractivity contribution is 7.89. The molecule has 2 aromatic carbocycles. The molecule has 1 aliphatic heterocycles. The lowest BCUT2D eigenvalue weighted by atomic mass is 10.2. The molecule has 0 aliphatic carbocycles. The summed E-state index contributed by atoms with van der Waals surface area (Å²) in [6, 6.07) is 12.5. The van der Waals surface area contributed by atoms with E-state index in [2.05, 4.69) is 4.99 Å². The molecule has 1 fully saturated rings. The van der Waals surface area contributed by atoms with Crippen LogP contribution in [0.1, 0.15) is 31.2 Å². The number of hydrogen-bond acceptors (Lipinski definition) is 5. The van der Waals surface area contributed by atoms with Crippen LogP contribution in [0, 0.1) is 10.1 Å². The van der Waals surface area contributed by atoms with Gasteiger partial charge >= 0.3 is 0 Å². The Morgan fingerprint density at radius 3 is 2.30 bits per heavy atom. The second kappa shape index (κ2) is 8.41. The summed E-state index contributed by atoms with van der Waals surface area (Å²) in [4.78, 5) is 14.9. The Balaban J connectivity index is 1.75. The smallest absolute Gasteiger partial charge is 0.258 e. The predicted molar refractivity (Wildman–Crippen MR) is 104 cm³/mol. The van der Waals surface area contributed by atoms with Gasteiger partial charge in [0.25, 0.3) is 5.69 Å². The van der Waals surface area contributed by atoms with Crippen molar-refractivity contribution < 1.29 is 13.3 Å². The summed E-state index contributed by atoms with van der Waals surface area (Å²) in [5.41, 5.74) is 1.18. The number of sulfonamides is 1. The van der Waals surface area contributed by atoms with Crippen LogP contribution in [-0.4, -0.2) is 37.0 Å². The molecule has 1 saturated heterocycles. The average molecular weight is 387 g/mol. The SMILES string of the molecule is O=[N+]([O-])c1cccc(C=Nc2ccc(S(=O)(=O)N3CCCCCC3)cc2)c1. The lowest BCUT2D eigenvalue weighted by Gasteiger charge is -2.19. The molecule has 0 saturated carbocycles. The van der Waals surface area contributed by atoms with E-state index in [1.807, 2.05) is 0 Å². The van der Waals surface area contributed by atoms with Crippen LogP contribution in [0.5, 0.6) is 0 Å². The highest BCUT2D eigenvalue weighted by Crippen LogP contribution is 2.23. The van der Waals surface area contributed by atoms with Crippen molar-refractivity contribution in [3.63, 3.8) is 0 Å². The molecular formula is C19H21N3O4S. The standard InChI is InChI=1S/C19H21N3O4S/c23-22(24)18-7-5-6-16(14-18)15-20-17-8-10-19(11-9-17)27(25,26)21-12-3-1-2-4-13-21/h5-11,14-15H,1-4,12-13H2. The van der Waals surface area contributed by atoms with Crippen molar-refractivity contribution in [2.45, 2.75) is 30.6 Å². The molecule has 0 N–H and O–H groups in total. The zero-order chi connectivity index (χ0) is 19.3. The van der Waals surface area contributed by atoms with Crippen LogP contribution < -0.4 is 0 Å². The molecule has 1 aliphatic rings. The van der Waals surface area contributed by atoms with Crippen LogP contribution in [0.4, 0.5) is 11.4 Å². The van der Waals surface area contributed by atoms with Crippen LogP contribution in [-0.2, 0) is 10.0 Å². The van der Waals surface area contributed by atoms with Crippen molar-refractivity contribution in [2.75, 3.05) is 13.1 Å². The van der Waals surface area contributed by atoms with Crippen molar-refractivity contribution >= 4 is 27.6 Å². The minimum absolute atomic E-state index is 0.00200. The van der Waals surface area contributed by atoms with Crippen molar-refractivity contribution in [1.82, 2.24) is 4.31 Å². The van der Waals surface area contributed by atoms with Gasteiger partial charge in [-0.15, -0.1) is 0 Å². The zero-order valence-corrected chi connectivity index (χ0v) is 15.6. The van der Waals surface area contributed by atoms with E-state index in [-0.39, 0.29) is 10.6 Å². The topological polar surface area (TPSA) is 92.9 Å². The van der Waals surface area contributed by atoms with Gasteiger partial charge in [0.1, 0.15) is 0 Å². The van der Waals surface area contributed by atoms with Crippen molar-refractivity contribution in [3.05, 3.63) is 64.2 Å². The molecule has 0 atom stereocenters. The molecule has 0 aromatic heterocycles. The Bertz CT molecular complexity index is 932. The van der Waals surface area contributed by atoms with Crippen LogP contribution in [0.2, 0.25) is 0 Å². The Kier molecular flexibility index (Phi) is 5.98. The van der Waals surface area contributed by atoms with E-state index in [0.717, 1.165) is 25.7 Å². The lowest BCUT2D eigenvalue weighted by molar-refractivity contribution is -0.384. The molecule has 0 unspecified atom stereocenters.